The number of nitrogens with one attached hydrogen (secondary N) is 2. The van der Waals surface area contributed by atoms with Crippen molar-refractivity contribution >= 4 is 27.2 Å². The molecule has 0 spiro atoms. The van der Waals surface area contributed by atoms with E-state index in [4.69, 9.17) is 0 Å². The van der Waals surface area contributed by atoms with Crippen LogP contribution in [0.4, 0.5) is 11.5 Å². The third-order valence-corrected chi connectivity index (χ3v) is 5.16. The van der Waals surface area contributed by atoms with Crippen molar-refractivity contribution in [1.29, 1.82) is 0 Å². The fourth-order valence-corrected chi connectivity index (χ4v) is 3.91. The quantitative estimate of drug-likeness (QED) is 0.836. The van der Waals surface area contributed by atoms with Crippen LogP contribution in [0, 0.1) is 0 Å². The normalized spacial score (nSPS) is 20.1. The molecule has 7 heteroatoms. The van der Waals surface area contributed by atoms with Gasteiger partial charge in [0.05, 0.1) is 23.4 Å². The molecule has 6 nitrogen and oxygen atoms in total. The Bertz CT molecular complexity index is 584. The van der Waals surface area contributed by atoms with Crippen molar-refractivity contribution < 1.29 is 13.2 Å². The molecule has 2 rings (SSSR count). The van der Waals surface area contributed by atoms with Gasteiger partial charge in [-0.25, -0.2) is 13.4 Å². The first-order valence-corrected chi connectivity index (χ1v) is 9.03. The van der Waals surface area contributed by atoms with E-state index in [0.717, 1.165) is 12.8 Å². The number of carbonyl (C=O) groups excluding carboxylic acids is 1. The van der Waals surface area contributed by atoms with E-state index in [-0.39, 0.29) is 23.5 Å². The Kier molecular flexibility index (Phi) is 5.17. The molecule has 1 fully saturated rings. The average Bonchev–Trinajstić information content (AvgIpc) is 2.78. The number of carbonyl (C=O) groups is 1. The maximum absolute atomic E-state index is 11.6. The summed E-state index contributed by atoms with van der Waals surface area (Å²) in [6, 6.07) is 3.44. The molecule has 2 heterocycles. The summed E-state index contributed by atoms with van der Waals surface area (Å²) in [4.78, 5) is 15.8. The van der Waals surface area contributed by atoms with Gasteiger partial charge in [0.25, 0.3) is 0 Å². The van der Waals surface area contributed by atoms with Crippen molar-refractivity contribution in [1.82, 2.24) is 4.98 Å². The first-order chi connectivity index (χ1) is 9.98. The minimum absolute atomic E-state index is 0.0127. The van der Waals surface area contributed by atoms with Gasteiger partial charge in [0.2, 0.25) is 5.91 Å². The van der Waals surface area contributed by atoms with E-state index in [1.807, 2.05) is 6.92 Å². The van der Waals surface area contributed by atoms with Gasteiger partial charge < -0.3 is 10.6 Å². The Balaban J connectivity index is 1.86. The SMILES string of the molecule is CCCCC(=O)Nc1ccc(NC2CCS(=O)(=O)C2)nc1. The Labute approximate surface area is 125 Å². The summed E-state index contributed by atoms with van der Waals surface area (Å²) in [6.45, 7) is 2.04. The molecule has 21 heavy (non-hydrogen) atoms. The summed E-state index contributed by atoms with van der Waals surface area (Å²) in [5.74, 6) is 1.00. The molecule has 0 saturated carbocycles. The highest BCUT2D eigenvalue weighted by Crippen LogP contribution is 2.17. The highest BCUT2D eigenvalue weighted by molar-refractivity contribution is 7.91. The van der Waals surface area contributed by atoms with E-state index in [1.165, 1.54) is 0 Å². The number of hydrogen-bond acceptors (Lipinski definition) is 5. The van der Waals surface area contributed by atoms with E-state index < -0.39 is 9.84 Å². The van der Waals surface area contributed by atoms with Crippen LogP contribution in [0.25, 0.3) is 0 Å². The van der Waals surface area contributed by atoms with E-state index in [9.17, 15) is 13.2 Å². The largest absolute Gasteiger partial charge is 0.366 e. The fourth-order valence-electron chi connectivity index (χ4n) is 2.23. The molecule has 1 atom stereocenters. The van der Waals surface area contributed by atoms with Crippen molar-refractivity contribution in [2.75, 3.05) is 22.1 Å². The number of pyridine rings is 1. The Morgan fingerprint density at radius 1 is 1.43 bits per heavy atom. The van der Waals surface area contributed by atoms with Gasteiger partial charge >= 0.3 is 0 Å². The van der Waals surface area contributed by atoms with E-state index >= 15 is 0 Å². The Morgan fingerprint density at radius 3 is 2.81 bits per heavy atom. The van der Waals surface area contributed by atoms with Crippen LogP contribution < -0.4 is 10.6 Å². The second-order valence-electron chi connectivity index (χ2n) is 5.33. The van der Waals surface area contributed by atoms with Gasteiger partial charge in [-0.3, -0.25) is 4.79 Å². The first-order valence-electron chi connectivity index (χ1n) is 7.21. The van der Waals surface area contributed by atoms with E-state index in [0.29, 0.717) is 24.3 Å². The van der Waals surface area contributed by atoms with Crippen LogP contribution in [0.5, 0.6) is 0 Å². The standard InChI is InChI=1S/C14H21N3O3S/c1-2-3-4-14(18)17-11-5-6-13(15-9-11)16-12-7-8-21(19,20)10-12/h5-6,9,12H,2-4,7-8,10H2,1H3,(H,15,16)(H,17,18). The number of sulfone groups is 1. The molecule has 0 radical (unpaired) electrons. The summed E-state index contributed by atoms with van der Waals surface area (Å²) in [5.41, 5.74) is 0.653. The number of unbranched alkanes of at least 4 members (excludes halogenated alkanes) is 1. The molecule has 1 aliphatic heterocycles. The summed E-state index contributed by atoms with van der Waals surface area (Å²) in [6.07, 6.45) is 4.56. The van der Waals surface area contributed by atoms with Gasteiger partial charge in [-0.2, -0.15) is 0 Å². The highest BCUT2D eigenvalue weighted by Gasteiger charge is 2.27. The molecule has 1 unspecified atom stereocenters. The number of aromatic nitrogens is 1. The third-order valence-electron chi connectivity index (χ3n) is 3.39. The van der Waals surface area contributed by atoms with Crippen molar-refractivity contribution in [3.05, 3.63) is 18.3 Å². The van der Waals surface area contributed by atoms with E-state index in [2.05, 4.69) is 15.6 Å². The third kappa shape index (κ3) is 5.00. The molecule has 1 aliphatic rings. The van der Waals surface area contributed by atoms with Crippen molar-refractivity contribution in [3.63, 3.8) is 0 Å². The van der Waals surface area contributed by atoms with Crippen LogP contribution >= 0.6 is 0 Å². The maximum atomic E-state index is 11.6. The van der Waals surface area contributed by atoms with Gasteiger partial charge in [0.1, 0.15) is 5.82 Å². The summed E-state index contributed by atoms with van der Waals surface area (Å²) in [7, 11) is -2.90. The minimum Gasteiger partial charge on any atom is -0.366 e. The van der Waals surface area contributed by atoms with Crippen molar-refractivity contribution in [2.45, 2.75) is 38.6 Å². The Hall–Kier alpha value is -1.63. The predicted molar refractivity (Wildman–Crippen MR) is 83.1 cm³/mol. The fraction of sp³-hybridized carbons (Fsp3) is 0.571. The van der Waals surface area contributed by atoms with Crippen molar-refractivity contribution in [2.24, 2.45) is 0 Å². The summed E-state index contributed by atoms with van der Waals surface area (Å²) in [5, 5.41) is 5.89. The molecule has 0 aliphatic carbocycles. The van der Waals surface area contributed by atoms with Crippen LogP contribution in [-0.2, 0) is 14.6 Å². The molecule has 1 aromatic rings. The lowest BCUT2D eigenvalue weighted by atomic mass is 10.2. The maximum Gasteiger partial charge on any atom is 0.224 e. The minimum atomic E-state index is -2.90. The first kappa shape index (κ1) is 15.8. The zero-order valence-corrected chi connectivity index (χ0v) is 12.9. The molecule has 1 saturated heterocycles. The lowest BCUT2D eigenvalue weighted by molar-refractivity contribution is -0.116. The van der Waals surface area contributed by atoms with Crippen LogP contribution in [0.15, 0.2) is 18.3 Å². The van der Waals surface area contributed by atoms with Crippen LogP contribution in [0.2, 0.25) is 0 Å². The molecular formula is C14H21N3O3S. The van der Waals surface area contributed by atoms with Gasteiger partial charge in [-0.15, -0.1) is 0 Å². The zero-order chi connectivity index (χ0) is 15.3. The highest BCUT2D eigenvalue weighted by atomic mass is 32.2. The van der Waals surface area contributed by atoms with Crippen LogP contribution in [-0.4, -0.2) is 36.9 Å². The second-order valence-corrected chi connectivity index (χ2v) is 7.56. The lowest BCUT2D eigenvalue weighted by Crippen LogP contribution is -2.21. The number of anilines is 2. The topological polar surface area (TPSA) is 88.2 Å². The number of hydrogen-bond donors (Lipinski definition) is 2. The Morgan fingerprint density at radius 2 is 2.24 bits per heavy atom. The van der Waals surface area contributed by atoms with Crippen LogP contribution in [0.1, 0.15) is 32.6 Å². The lowest BCUT2D eigenvalue weighted by Gasteiger charge is -2.12. The second kappa shape index (κ2) is 6.89. The van der Waals surface area contributed by atoms with E-state index in [1.54, 1.807) is 18.3 Å². The molecule has 1 amide bonds. The molecule has 2 N–H and O–H groups in total. The number of amides is 1. The smallest absolute Gasteiger partial charge is 0.224 e. The molecule has 0 bridgehead atoms. The summed E-state index contributed by atoms with van der Waals surface area (Å²) < 4.78 is 22.8. The summed E-state index contributed by atoms with van der Waals surface area (Å²) >= 11 is 0. The average molecular weight is 311 g/mol. The van der Waals surface area contributed by atoms with Gasteiger partial charge in [0, 0.05) is 12.5 Å². The monoisotopic (exact) mass is 311 g/mol. The predicted octanol–water partition coefficient (Wildman–Crippen LogP) is 1.81. The molecule has 1 aromatic heterocycles. The van der Waals surface area contributed by atoms with Gasteiger partial charge in [-0.1, -0.05) is 13.3 Å². The molecule has 116 valence electrons. The molecule has 0 aromatic carbocycles. The van der Waals surface area contributed by atoms with Gasteiger partial charge in [-0.05, 0) is 25.0 Å². The number of rotatable bonds is 6. The van der Waals surface area contributed by atoms with Crippen LogP contribution in [0.3, 0.4) is 0 Å². The zero-order valence-electron chi connectivity index (χ0n) is 12.1. The van der Waals surface area contributed by atoms with Gasteiger partial charge in [0.15, 0.2) is 9.84 Å². The van der Waals surface area contributed by atoms with Crippen molar-refractivity contribution in [3.8, 4) is 0 Å². The molecular weight excluding hydrogens is 290 g/mol. The number of nitrogens with zero attached hydrogens (tertiary/aromatic N) is 1.